The van der Waals surface area contributed by atoms with Crippen LogP contribution in [0.2, 0.25) is 0 Å². The number of benzene rings is 1. The van der Waals surface area contributed by atoms with E-state index in [-0.39, 0.29) is 5.41 Å². The molecule has 3 rings (SSSR count). The first-order chi connectivity index (χ1) is 10.3. The van der Waals surface area contributed by atoms with Gasteiger partial charge in [0.25, 0.3) is 0 Å². The molecule has 0 amide bonds. The average molecular weight is 301 g/mol. The Morgan fingerprint density at radius 1 is 1.09 bits per heavy atom. The molecule has 2 atom stereocenters. The molecule has 2 aliphatic heterocycles. The van der Waals surface area contributed by atoms with Crippen LogP contribution in [-0.4, -0.2) is 27.7 Å². The van der Waals surface area contributed by atoms with Gasteiger partial charge in [-0.15, -0.1) is 0 Å². The van der Waals surface area contributed by atoms with E-state index in [0.717, 1.165) is 25.8 Å². The lowest BCUT2D eigenvalue weighted by Crippen LogP contribution is -2.58. The zero-order valence-electron chi connectivity index (χ0n) is 14.4. The van der Waals surface area contributed by atoms with E-state index < -0.39 is 5.60 Å². The molecule has 2 saturated heterocycles. The smallest absolute Gasteiger partial charge is 0.0682 e. The van der Waals surface area contributed by atoms with Crippen LogP contribution in [0.5, 0.6) is 0 Å². The van der Waals surface area contributed by atoms with Gasteiger partial charge in [0, 0.05) is 18.6 Å². The average Bonchev–Trinajstić information content (AvgIpc) is 2.39. The van der Waals surface area contributed by atoms with Crippen molar-refractivity contribution < 1.29 is 5.11 Å². The van der Waals surface area contributed by atoms with E-state index in [1.54, 1.807) is 0 Å². The summed E-state index contributed by atoms with van der Waals surface area (Å²) in [5.41, 5.74) is 1.15. The summed E-state index contributed by atoms with van der Waals surface area (Å²) in [6, 6.07) is 11.9. The predicted molar refractivity (Wildman–Crippen MR) is 91.7 cm³/mol. The summed E-state index contributed by atoms with van der Waals surface area (Å²) in [6.45, 7) is 7.78. The lowest BCUT2D eigenvalue weighted by molar-refractivity contribution is -0.111. The van der Waals surface area contributed by atoms with Gasteiger partial charge in [-0.25, -0.2) is 0 Å². The van der Waals surface area contributed by atoms with Crippen molar-refractivity contribution in [1.29, 1.82) is 0 Å². The molecule has 2 fully saturated rings. The topological polar surface area (TPSA) is 23.5 Å². The van der Waals surface area contributed by atoms with Gasteiger partial charge in [-0.2, -0.15) is 0 Å². The lowest BCUT2D eigenvalue weighted by Gasteiger charge is -2.53. The molecule has 122 valence electrons. The maximum absolute atomic E-state index is 11.2. The van der Waals surface area contributed by atoms with Gasteiger partial charge in [-0.05, 0) is 43.1 Å². The molecule has 2 heteroatoms. The van der Waals surface area contributed by atoms with Gasteiger partial charge in [-0.3, -0.25) is 4.90 Å². The van der Waals surface area contributed by atoms with E-state index >= 15 is 0 Å². The van der Waals surface area contributed by atoms with Crippen LogP contribution in [0, 0.1) is 5.41 Å². The highest BCUT2D eigenvalue weighted by atomic mass is 16.3. The van der Waals surface area contributed by atoms with E-state index in [1.165, 1.54) is 24.8 Å². The van der Waals surface area contributed by atoms with Crippen LogP contribution in [0.4, 0.5) is 0 Å². The number of piperidine rings is 2. The Kier molecular flexibility index (Phi) is 4.35. The maximum Gasteiger partial charge on any atom is 0.0682 e. The number of hydrogen-bond donors (Lipinski definition) is 1. The predicted octanol–water partition coefficient (Wildman–Crippen LogP) is 4.37. The van der Waals surface area contributed by atoms with Crippen molar-refractivity contribution in [3.05, 3.63) is 35.9 Å². The number of nitrogens with zero attached hydrogens (tertiary/aromatic N) is 1. The Morgan fingerprint density at radius 3 is 2.23 bits per heavy atom. The van der Waals surface area contributed by atoms with Crippen molar-refractivity contribution >= 4 is 0 Å². The minimum atomic E-state index is -0.457. The van der Waals surface area contributed by atoms with Crippen LogP contribution in [0.15, 0.2) is 30.3 Å². The van der Waals surface area contributed by atoms with Crippen molar-refractivity contribution in [2.24, 2.45) is 5.41 Å². The second-order valence-electron chi connectivity index (χ2n) is 8.77. The fourth-order valence-corrected chi connectivity index (χ4v) is 4.80. The van der Waals surface area contributed by atoms with Crippen molar-refractivity contribution in [1.82, 2.24) is 4.90 Å². The van der Waals surface area contributed by atoms with Crippen LogP contribution >= 0.6 is 0 Å². The van der Waals surface area contributed by atoms with E-state index in [2.05, 4.69) is 56.0 Å². The van der Waals surface area contributed by atoms with E-state index in [4.69, 9.17) is 0 Å². The van der Waals surface area contributed by atoms with Gasteiger partial charge in [0.1, 0.15) is 0 Å². The van der Waals surface area contributed by atoms with E-state index in [1.807, 2.05) is 0 Å². The molecule has 0 spiro atoms. The third-order valence-corrected chi connectivity index (χ3v) is 5.31. The second-order valence-corrected chi connectivity index (χ2v) is 8.77. The van der Waals surface area contributed by atoms with Gasteiger partial charge in [-0.1, -0.05) is 57.5 Å². The highest BCUT2D eigenvalue weighted by Crippen LogP contribution is 2.44. The summed E-state index contributed by atoms with van der Waals surface area (Å²) < 4.78 is 0. The van der Waals surface area contributed by atoms with Crippen LogP contribution in [0.1, 0.15) is 64.9 Å². The normalized spacial score (nSPS) is 32.9. The summed E-state index contributed by atoms with van der Waals surface area (Å²) in [4.78, 5) is 2.68. The highest BCUT2D eigenvalue weighted by molar-refractivity contribution is 5.15. The fourth-order valence-electron chi connectivity index (χ4n) is 4.80. The lowest BCUT2D eigenvalue weighted by atomic mass is 9.69. The zero-order valence-corrected chi connectivity index (χ0v) is 14.4. The van der Waals surface area contributed by atoms with Crippen LogP contribution < -0.4 is 0 Å². The molecule has 1 aromatic rings. The summed E-state index contributed by atoms with van der Waals surface area (Å²) in [7, 11) is 0. The van der Waals surface area contributed by atoms with Crippen molar-refractivity contribution in [2.45, 2.75) is 83.5 Å². The number of fused-ring (bicyclic) bond motifs is 2. The molecule has 1 N–H and O–H groups in total. The Balaban J connectivity index is 1.74. The Hall–Kier alpha value is -0.860. The minimum absolute atomic E-state index is 0.199. The molecular formula is C20H31NO. The Bertz CT molecular complexity index is 476. The standard InChI is InChI=1S/C20H31NO/c1-19(2,3)15-20(22)12-17-10-7-11-18(13-20)21(17)14-16-8-5-4-6-9-16/h4-6,8-9,17-18,22H,7,10-15H2,1-3H3. The molecule has 2 nitrogen and oxygen atoms in total. The third kappa shape index (κ3) is 3.72. The van der Waals surface area contributed by atoms with Crippen molar-refractivity contribution in [2.75, 3.05) is 0 Å². The molecule has 2 unspecified atom stereocenters. The minimum Gasteiger partial charge on any atom is -0.390 e. The molecular weight excluding hydrogens is 270 g/mol. The van der Waals surface area contributed by atoms with Gasteiger partial charge in [0.15, 0.2) is 0 Å². The largest absolute Gasteiger partial charge is 0.390 e. The zero-order chi connectivity index (χ0) is 15.8. The SMILES string of the molecule is CC(C)(C)CC1(O)CC2CCCC(C1)N2Cc1ccccc1. The van der Waals surface area contributed by atoms with E-state index in [9.17, 15) is 5.11 Å². The molecule has 0 saturated carbocycles. The second kappa shape index (κ2) is 5.98. The summed E-state index contributed by atoms with van der Waals surface area (Å²) in [5.74, 6) is 0. The van der Waals surface area contributed by atoms with Crippen LogP contribution in [0.25, 0.3) is 0 Å². The first kappa shape index (κ1) is 16.0. The number of rotatable bonds is 3. The number of hydrogen-bond acceptors (Lipinski definition) is 2. The van der Waals surface area contributed by atoms with E-state index in [0.29, 0.717) is 12.1 Å². The molecule has 2 bridgehead atoms. The van der Waals surface area contributed by atoms with Crippen molar-refractivity contribution in [3.8, 4) is 0 Å². The van der Waals surface area contributed by atoms with Gasteiger partial charge < -0.3 is 5.11 Å². The summed E-state index contributed by atoms with van der Waals surface area (Å²) in [5, 5.41) is 11.2. The first-order valence-electron chi connectivity index (χ1n) is 8.87. The molecule has 22 heavy (non-hydrogen) atoms. The molecule has 2 heterocycles. The summed E-state index contributed by atoms with van der Waals surface area (Å²) in [6.07, 6.45) is 6.64. The third-order valence-electron chi connectivity index (χ3n) is 5.31. The summed E-state index contributed by atoms with van der Waals surface area (Å²) >= 11 is 0. The molecule has 1 aromatic carbocycles. The maximum atomic E-state index is 11.2. The van der Waals surface area contributed by atoms with Gasteiger partial charge in [0.2, 0.25) is 0 Å². The van der Waals surface area contributed by atoms with Crippen molar-refractivity contribution in [3.63, 3.8) is 0 Å². The molecule has 0 aromatic heterocycles. The van der Waals surface area contributed by atoms with Gasteiger partial charge >= 0.3 is 0 Å². The molecule has 2 aliphatic rings. The molecule has 0 radical (unpaired) electrons. The monoisotopic (exact) mass is 301 g/mol. The first-order valence-corrected chi connectivity index (χ1v) is 8.87. The number of aliphatic hydroxyl groups is 1. The highest BCUT2D eigenvalue weighted by Gasteiger charge is 2.46. The van der Waals surface area contributed by atoms with Crippen LogP contribution in [-0.2, 0) is 6.54 Å². The Labute approximate surface area is 135 Å². The quantitative estimate of drug-likeness (QED) is 0.896. The Morgan fingerprint density at radius 2 is 1.68 bits per heavy atom. The molecule has 0 aliphatic carbocycles. The fraction of sp³-hybridized carbons (Fsp3) is 0.700. The van der Waals surface area contributed by atoms with Crippen LogP contribution in [0.3, 0.4) is 0 Å². The van der Waals surface area contributed by atoms with Gasteiger partial charge in [0.05, 0.1) is 5.60 Å².